The number of carbonyl (C=O) groups is 1. The van der Waals surface area contributed by atoms with Crippen molar-refractivity contribution in [1.29, 1.82) is 0 Å². The number of carbonyl (C=O) groups excluding carboxylic acids is 1. The highest BCUT2D eigenvalue weighted by molar-refractivity contribution is 8.00. The van der Waals surface area contributed by atoms with Crippen LogP contribution < -0.4 is 4.90 Å². The molecule has 1 aliphatic rings. The molecule has 0 fully saturated rings. The predicted octanol–water partition coefficient (Wildman–Crippen LogP) is 3.18. The third-order valence-corrected chi connectivity index (χ3v) is 5.81. The van der Waals surface area contributed by atoms with Crippen molar-refractivity contribution in [2.45, 2.75) is 43.3 Å². The molecular weight excluding hydrogens is 358 g/mol. The fourth-order valence-corrected chi connectivity index (χ4v) is 4.28. The van der Waals surface area contributed by atoms with Gasteiger partial charge in [-0.25, -0.2) is 4.68 Å². The van der Waals surface area contributed by atoms with E-state index in [0.717, 1.165) is 17.7 Å². The number of thioether (sulfide) groups is 1. The third kappa shape index (κ3) is 3.60. The molecule has 0 N–H and O–H groups in total. The lowest BCUT2D eigenvalue weighted by molar-refractivity contribution is -0.118. The molecule has 6 nitrogen and oxygen atoms in total. The molecule has 1 aromatic heterocycles. The second-order valence-corrected chi connectivity index (χ2v) is 8.06. The van der Waals surface area contributed by atoms with Crippen LogP contribution in [0.25, 0.3) is 0 Å². The lowest BCUT2D eigenvalue weighted by atomic mass is 10.1. The smallest absolute Gasteiger partial charge is 0.240 e. The van der Waals surface area contributed by atoms with Crippen molar-refractivity contribution in [1.82, 2.24) is 20.2 Å². The summed E-state index contributed by atoms with van der Waals surface area (Å²) in [4.78, 5) is 15.1. The predicted molar refractivity (Wildman–Crippen MR) is 106 cm³/mol. The number of amides is 1. The van der Waals surface area contributed by atoms with Gasteiger partial charge in [0, 0.05) is 11.7 Å². The molecule has 0 spiro atoms. The molecule has 2 unspecified atom stereocenters. The van der Waals surface area contributed by atoms with Crippen molar-refractivity contribution >= 4 is 23.4 Å². The summed E-state index contributed by atoms with van der Waals surface area (Å²) in [6, 6.07) is 18.3. The number of tetrazole rings is 1. The fraction of sp³-hybridized carbons (Fsp3) is 0.300. The minimum atomic E-state index is -0.279. The summed E-state index contributed by atoms with van der Waals surface area (Å²) in [5.41, 5.74) is 3.36. The zero-order chi connectivity index (χ0) is 18.8. The molecule has 27 heavy (non-hydrogen) atoms. The monoisotopic (exact) mass is 379 g/mol. The Morgan fingerprint density at radius 1 is 1.19 bits per heavy atom. The summed E-state index contributed by atoms with van der Waals surface area (Å²) in [6.07, 6.45) is 0.894. The van der Waals surface area contributed by atoms with Crippen molar-refractivity contribution in [3.63, 3.8) is 0 Å². The van der Waals surface area contributed by atoms with E-state index in [-0.39, 0.29) is 17.2 Å². The summed E-state index contributed by atoms with van der Waals surface area (Å²) < 4.78 is 1.74. The second-order valence-electron chi connectivity index (χ2n) is 6.75. The van der Waals surface area contributed by atoms with Crippen molar-refractivity contribution in [3.05, 3.63) is 65.7 Å². The molecule has 2 atom stereocenters. The van der Waals surface area contributed by atoms with Crippen molar-refractivity contribution in [2.75, 3.05) is 4.90 Å². The van der Waals surface area contributed by atoms with Crippen molar-refractivity contribution in [2.24, 2.45) is 0 Å². The van der Waals surface area contributed by atoms with E-state index in [0.29, 0.717) is 11.7 Å². The molecular formula is C20H21N5OS. The number of benzene rings is 2. The van der Waals surface area contributed by atoms with Gasteiger partial charge in [0.15, 0.2) is 0 Å². The maximum atomic E-state index is 13.1. The average molecular weight is 379 g/mol. The van der Waals surface area contributed by atoms with E-state index in [1.165, 1.54) is 17.3 Å². The van der Waals surface area contributed by atoms with Gasteiger partial charge in [-0.05, 0) is 47.9 Å². The number of anilines is 1. The Morgan fingerprint density at radius 3 is 2.74 bits per heavy atom. The first kappa shape index (κ1) is 17.7. The van der Waals surface area contributed by atoms with Crippen LogP contribution in [0.1, 0.15) is 25.0 Å². The highest BCUT2D eigenvalue weighted by Crippen LogP contribution is 2.34. The van der Waals surface area contributed by atoms with Gasteiger partial charge in [0.25, 0.3) is 0 Å². The number of aromatic nitrogens is 4. The minimum Gasteiger partial charge on any atom is -0.308 e. The van der Waals surface area contributed by atoms with Gasteiger partial charge >= 0.3 is 0 Å². The number of hydrogen-bond acceptors (Lipinski definition) is 5. The number of fused-ring (bicyclic) bond motifs is 1. The Bertz CT molecular complexity index is 942. The quantitative estimate of drug-likeness (QED) is 0.637. The van der Waals surface area contributed by atoms with Crippen LogP contribution in [0.4, 0.5) is 5.69 Å². The highest BCUT2D eigenvalue weighted by atomic mass is 32.2. The maximum Gasteiger partial charge on any atom is 0.240 e. The molecule has 1 aliphatic heterocycles. The molecule has 1 amide bonds. The zero-order valence-corrected chi connectivity index (χ0v) is 16.1. The summed E-state index contributed by atoms with van der Waals surface area (Å²) in [5, 5.41) is 12.4. The Morgan fingerprint density at radius 2 is 1.93 bits per heavy atom. The number of rotatable bonds is 5. The SMILES string of the molecule is CC(Sc1nnnn1Cc1ccccc1)C(=O)N1c2ccccc2CC1C. The van der Waals surface area contributed by atoms with Crippen LogP contribution in [0.5, 0.6) is 0 Å². The molecule has 3 aromatic rings. The lowest BCUT2D eigenvalue weighted by Gasteiger charge is -2.25. The van der Waals surface area contributed by atoms with Crippen LogP contribution in [0, 0.1) is 0 Å². The van der Waals surface area contributed by atoms with E-state index in [2.05, 4.69) is 28.5 Å². The van der Waals surface area contributed by atoms with Gasteiger partial charge in [0.05, 0.1) is 11.8 Å². The van der Waals surface area contributed by atoms with Gasteiger partial charge in [-0.15, -0.1) is 5.10 Å². The lowest BCUT2D eigenvalue weighted by Crippen LogP contribution is -2.40. The van der Waals surface area contributed by atoms with E-state index in [1.54, 1.807) is 4.68 Å². The van der Waals surface area contributed by atoms with E-state index in [4.69, 9.17) is 0 Å². The summed E-state index contributed by atoms with van der Waals surface area (Å²) in [7, 11) is 0. The molecule has 0 bridgehead atoms. The van der Waals surface area contributed by atoms with Crippen molar-refractivity contribution < 1.29 is 4.79 Å². The third-order valence-electron chi connectivity index (χ3n) is 4.75. The minimum absolute atomic E-state index is 0.0895. The molecule has 0 aliphatic carbocycles. The fourth-order valence-electron chi connectivity index (χ4n) is 3.44. The molecule has 2 aromatic carbocycles. The molecule has 138 valence electrons. The van der Waals surface area contributed by atoms with E-state index < -0.39 is 0 Å². The first-order valence-electron chi connectivity index (χ1n) is 9.01. The van der Waals surface area contributed by atoms with Gasteiger partial charge in [0.2, 0.25) is 11.1 Å². The van der Waals surface area contributed by atoms with Crippen molar-refractivity contribution in [3.8, 4) is 0 Å². The standard InChI is InChI=1S/C20H21N5OS/c1-14-12-17-10-6-7-11-18(17)25(14)19(26)15(2)27-20-21-22-23-24(20)13-16-8-4-3-5-9-16/h3-11,14-15H,12-13H2,1-2H3. The average Bonchev–Trinajstić information content (AvgIpc) is 3.25. The van der Waals surface area contributed by atoms with E-state index in [1.807, 2.05) is 60.4 Å². The van der Waals surface area contributed by atoms with Crippen LogP contribution >= 0.6 is 11.8 Å². The maximum absolute atomic E-state index is 13.1. The number of para-hydroxylation sites is 1. The van der Waals surface area contributed by atoms with Gasteiger partial charge in [0.1, 0.15) is 0 Å². The zero-order valence-electron chi connectivity index (χ0n) is 15.3. The molecule has 0 saturated heterocycles. The van der Waals surface area contributed by atoms with Crippen LogP contribution in [0.3, 0.4) is 0 Å². The number of nitrogens with zero attached hydrogens (tertiary/aromatic N) is 5. The molecule has 0 saturated carbocycles. The normalized spacial score (nSPS) is 17.0. The molecule has 4 rings (SSSR count). The summed E-state index contributed by atoms with van der Waals surface area (Å²) in [5.74, 6) is 0.0895. The topological polar surface area (TPSA) is 63.9 Å². The van der Waals surface area contributed by atoms with E-state index in [9.17, 15) is 4.79 Å². The van der Waals surface area contributed by atoms with Gasteiger partial charge in [-0.1, -0.05) is 60.3 Å². The highest BCUT2D eigenvalue weighted by Gasteiger charge is 2.34. The summed E-state index contributed by atoms with van der Waals surface area (Å²) in [6.45, 7) is 4.59. The Hall–Kier alpha value is -2.67. The second kappa shape index (κ2) is 7.52. The number of hydrogen-bond donors (Lipinski definition) is 0. The van der Waals surface area contributed by atoms with Gasteiger partial charge in [-0.3, -0.25) is 4.79 Å². The molecule has 0 radical (unpaired) electrons. The van der Waals surface area contributed by atoms with Crippen LogP contribution in [0.15, 0.2) is 59.8 Å². The van der Waals surface area contributed by atoms with E-state index >= 15 is 0 Å². The first-order chi connectivity index (χ1) is 13.1. The Labute approximate surface area is 162 Å². The summed E-state index contributed by atoms with van der Waals surface area (Å²) >= 11 is 1.40. The van der Waals surface area contributed by atoms with Crippen LogP contribution in [0.2, 0.25) is 0 Å². The molecule has 7 heteroatoms. The Kier molecular flexibility index (Phi) is 4.94. The van der Waals surface area contributed by atoms with Gasteiger partial charge in [-0.2, -0.15) is 0 Å². The largest absolute Gasteiger partial charge is 0.308 e. The molecule has 2 heterocycles. The Balaban J connectivity index is 1.49. The first-order valence-corrected chi connectivity index (χ1v) is 9.89. The van der Waals surface area contributed by atoms with Crippen LogP contribution in [-0.2, 0) is 17.8 Å². The van der Waals surface area contributed by atoms with Gasteiger partial charge < -0.3 is 4.90 Å². The van der Waals surface area contributed by atoms with Crippen LogP contribution in [-0.4, -0.2) is 37.4 Å².